The molecular formula is C11H17FN2O2S. The molecule has 4 nitrogen and oxygen atoms in total. The van der Waals surface area contributed by atoms with E-state index in [1.165, 1.54) is 29.4 Å². The molecular weight excluding hydrogens is 243 g/mol. The number of likely N-dealkylation sites (N-methyl/N-ethyl adjacent to an activating group) is 1. The lowest BCUT2D eigenvalue weighted by atomic mass is 10.2. The Bertz CT molecular complexity index is 488. The van der Waals surface area contributed by atoms with Crippen LogP contribution >= 0.6 is 0 Å². The van der Waals surface area contributed by atoms with Crippen molar-refractivity contribution < 1.29 is 12.8 Å². The molecule has 1 aromatic carbocycles. The number of nitrogens with zero attached hydrogens (tertiary/aromatic N) is 1. The van der Waals surface area contributed by atoms with Crippen molar-refractivity contribution in [1.29, 1.82) is 0 Å². The Kier molecular flexibility index (Phi) is 4.62. The molecule has 0 bridgehead atoms. The average molecular weight is 260 g/mol. The lowest BCUT2D eigenvalue weighted by molar-refractivity contribution is 0.435. The summed E-state index contributed by atoms with van der Waals surface area (Å²) in [6.45, 7) is 4.13. The van der Waals surface area contributed by atoms with Crippen LogP contribution in [0.4, 0.5) is 4.39 Å². The number of rotatable bonds is 5. The number of benzene rings is 1. The highest BCUT2D eigenvalue weighted by Crippen LogP contribution is 2.18. The van der Waals surface area contributed by atoms with Gasteiger partial charge in [-0.1, -0.05) is 6.92 Å². The number of hydrogen-bond donors (Lipinski definition) is 1. The van der Waals surface area contributed by atoms with Gasteiger partial charge >= 0.3 is 0 Å². The smallest absolute Gasteiger partial charge is 0.243 e. The SMILES string of the molecule is CCN(CCN)S(=O)(=O)c1ccc(F)c(C)c1. The summed E-state index contributed by atoms with van der Waals surface area (Å²) in [5.41, 5.74) is 5.68. The highest BCUT2D eigenvalue weighted by molar-refractivity contribution is 7.89. The van der Waals surface area contributed by atoms with Gasteiger partial charge in [-0.05, 0) is 30.7 Å². The Morgan fingerprint density at radius 3 is 2.53 bits per heavy atom. The normalized spacial score (nSPS) is 12.1. The van der Waals surface area contributed by atoms with E-state index in [0.717, 1.165) is 0 Å². The first-order chi connectivity index (χ1) is 7.93. The van der Waals surface area contributed by atoms with E-state index in [0.29, 0.717) is 12.1 Å². The zero-order valence-corrected chi connectivity index (χ0v) is 10.8. The molecule has 0 atom stereocenters. The van der Waals surface area contributed by atoms with Crippen molar-refractivity contribution in [2.24, 2.45) is 5.73 Å². The monoisotopic (exact) mass is 260 g/mol. The molecule has 0 aliphatic carbocycles. The molecule has 0 heterocycles. The molecule has 0 radical (unpaired) electrons. The lowest BCUT2D eigenvalue weighted by Crippen LogP contribution is -2.35. The van der Waals surface area contributed by atoms with Gasteiger partial charge in [-0.2, -0.15) is 4.31 Å². The number of nitrogens with two attached hydrogens (primary N) is 1. The van der Waals surface area contributed by atoms with Gasteiger partial charge in [0, 0.05) is 19.6 Å². The first-order valence-corrected chi connectivity index (χ1v) is 6.83. The fourth-order valence-electron chi connectivity index (χ4n) is 1.52. The Labute approximate surface area is 101 Å². The van der Waals surface area contributed by atoms with E-state index in [4.69, 9.17) is 5.73 Å². The third-order valence-electron chi connectivity index (χ3n) is 2.50. The molecule has 17 heavy (non-hydrogen) atoms. The third kappa shape index (κ3) is 3.02. The van der Waals surface area contributed by atoms with Gasteiger partial charge in [0.1, 0.15) is 5.82 Å². The van der Waals surface area contributed by atoms with Gasteiger partial charge in [-0.25, -0.2) is 12.8 Å². The molecule has 0 saturated carbocycles. The summed E-state index contributed by atoms with van der Waals surface area (Å²) in [6.07, 6.45) is 0. The maximum absolute atomic E-state index is 13.1. The van der Waals surface area contributed by atoms with Crippen LogP contribution in [0.3, 0.4) is 0 Å². The van der Waals surface area contributed by atoms with Crippen molar-refractivity contribution in [3.05, 3.63) is 29.6 Å². The summed E-state index contributed by atoms with van der Waals surface area (Å²) in [6, 6.07) is 3.78. The van der Waals surface area contributed by atoms with Crippen molar-refractivity contribution in [2.75, 3.05) is 19.6 Å². The zero-order chi connectivity index (χ0) is 13.1. The van der Waals surface area contributed by atoms with E-state index in [1.54, 1.807) is 6.92 Å². The summed E-state index contributed by atoms with van der Waals surface area (Å²) < 4.78 is 38.7. The summed E-state index contributed by atoms with van der Waals surface area (Å²) in [4.78, 5) is 0.103. The second-order valence-corrected chi connectivity index (χ2v) is 5.63. The second kappa shape index (κ2) is 5.57. The Morgan fingerprint density at radius 1 is 1.41 bits per heavy atom. The molecule has 0 fully saturated rings. The van der Waals surface area contributed by atoms with E-state index >= 15 is 0 Å². The van der Waals surface area contributed by atoms with Crippen LogP contribution in [0.5, 0.6) is 0 Å². The fourth-order valence-corrected chi connectivity index (χ4v) is 3.07. The van der Waals surface area contributed by atoms with Crippen LogP contribution in [0, 0.1) is 12.7 Å². The quantitative estimate of drug-likeness (QED) is 0.862. The molecule has 1 aromatic rings. The number of halogens is 1. The van der Waals surface area contributed by atoms with Gasteiger partial charge in [0.05, 0.1) is 4.90 Å². The largest absolute Gasteiger partial charge is 0.329 e. The number of hydrogen-bond acceptors (Lipinski definition) is 3. The van der Waals surface area contributed by atoms with Crippen LogP contribution in [0.2, 0.25) is 0 Å². The Morgan fingerprint density at radius 2 is 2.06 bits per heavy atom. The predicted octanol–water partition coefficient (Wildman–Crippen LogP) is 1.10. The van der Waals surface area contributed by atoms with E-state index in [-0.39, 0.29) is 18.0 Å². The average Bonchev–Trinajstić information content (AvgIpc) is 2.29. The van der Waals surface area contributed by atoms with Crippen LogP contribution in [-0.4, -0.2) is 32.4 Å². The van der Waals surface area contributed by atoms with Gasteiger partial charge in [0.25, 0.3) is 0 Å². The van der Waals surface area contributed by atoms with Crippen LogP contribution in [0.25, 0.3) is 0 Å². The minimum atomic E-state index is -3.57. The third-order valence-corrected chi connectivity index (χ3v) is 4.47. The summed E-state index contributed by atoms with van der Waals surface area (Å²) in [7, 11) is -3.57. The van der Waals surface area contributed by atoms with Crippen LogP contribution in [-0.2, 0) is 10.0 Å². The Hall–Kier alpha value is -0.980. The molecule has 6 heteroatoms. The molecule has 0 aromatic heterocycles. The molecule has 0 saturated heterocycles. The molecule has 1 rings (SSSR count). The minimum absolute atomic E-state index is 0.103. The van der Waals surface area contributed by atoms with E-state index in [1.807, 2.05) is 0 Å². The Balaban J connectivity index is 3.15. The highest BCUT2D eigenvalue weighted by Gasteiger charge is 2.22. The van der Waals surface area contributed by atoms with Crippen LogP contribution < -0.4 is 5.73 Å². The standard InChI is InChI=1S/C11H17FN2O2S/c1-3-14(7-6-13)17(15,16)10-4-5-11(12)9(2)8-10/h4-5,8H,3,6-7,13H2,1-2H3. The van der Waals surface area contributed by atoms with Crippen molar-refractivity contribution in [3.8, 4) is 0 Å². The van der Waals surface area contributed by atoms with Crippen molar-refractivity contribution in [1.82, 2.24) is 4.31 Å². The molecule has 0 spiro atoms. The number of sulfonamides is 1. The molecule has 96 valence electrons. The topological polar surface area (TPSA) is 63.4 Å². The van der Waals surface area contributed by atoms with Gasteiger partial charge in [0.2, 0.25) is 10.0 Å². The highest BCUT2D eigenvalue weighted by atomic mass is 32.2. The van der Waals surface area contributed by atoms with Gasteiger partial charge in [-0.3, -0.25) is 0 Å². The zero-order valence-electron chi connectivity index (χ0n) is 9.98. The molecule has 0 unspecified atom stereocenters. The van der Waals surface area contributed by atoms with Crippen LogP contribution in [0.1, 0.15) is 12.5 Å². The molecule has 2 N–H and O–H groups in total. The fraction of sp³-hybridized carbons (Fsp3) is 0.455. The van der Waals surface area contributed by atoms with Gasteiger partial charge in [0.15, 0.2) is 0 Å². The van der Waals surface area contributed by atoms with Gasteiger partial charge < -0.3 is 5.73 Å². The van der Waals surface area contributed by atoms with Crippen LogP contribution in [0.15, 0.2) is 23.1 Å². The van der Waals surface area contributed by atoms with Crippen molar-refractivity contribution in [3.63, 3.8) is 0 Å². The molecule has 0 aliphatic rings. The number of aryl methyl sites for hydroxylation is 1. The van der Waals surface area contributed by atoms with E-state index < -0.39 is 15.8 Å². The first kappa shape index (κ1) is 14.1. The summed E-state index contributed by atoms with van der Waals surface area (Å²) >= 11 is 0. The summed E-state index contributed by atoms with van der Waals surface area (Å²) in [5, 5.41) is 0. The maximum Gasteiger partial charge on any atom is 0.243 e. The van der Waals surface area contributed by atoms with Gasteiger partial charge in [-0.15, -0.1) is 0 Å². The minimum Gasteiger partial charge on any atom is -0.329 e. The molecule has 0 aliphatic heterocycles. The predicted molar refractivity (Wildman–Crippen MR) is 64.6 cm³/mol. The molecule has 0 amide bonds. The lowest BCUT2D eigenvalue weighted by Gasteiger charge is -2.19. The van der Waals surface area contributed by atoms with E-state index in [9.17, 15) is 12.8 Å². The van der Waals surface area contributed by atoms with E-state index in [2.05, 4.69) is 0 Å². The first-order valence-electron chi connectivity index (χ1n) is 5.39. The summed E-state index contributed by atoms with van der Waals surface area (Å²) in [5.74, 6) is -0.411. The second-order valence-electron chi connectivity index (χ2n) is 3.70. The maximum atomic E-state index is 13.1. The van der Waals surface area contributed by atoms with Crippen molar-refractivity contribution >= 4 is 10.0 Å². The van der Waals surface area contributed by atoms with Crippen molar-refractivity contribution in [2.45, 2.75) is 18.7 Å².